The Morgan fingerprint density at radius 1 is 1.17 bits per heavy atom. The smallest absolute Gasteiger partial charge is 0.296 e. The summed E-state index contributed by atoms with van der Waals surface area (Å²) in [6.07, 6.45) is 3.10. The zero-order chi connectivity index (χ0) is 24.5. The average molecular weight is 489 g/mol. The molecule has 2 aromatic heterocycles. The molecule has 3 heterocycles. The predicted octanol–water partition coefficient (Wildman–Crippen LogP) is 6.02. The summed E-state index contributed by atoms with van der Waals surface area (Å²) in [5.41, 5.74) is 2.48. The summed E-state index contributed by atoms with van der Waals surface area (Å²) >= 11 is 1.35. The molecular formula is C27H24N2O5S. The zero-order valence-corrected chi connectivity index (χ0v) is 20.2. The van der Waals surface area contributed by atoms with Crippen molar-refractivity contribution in [2.75, 3.05) is 11.5 Å². The Morgan fingerprint density at radius 3 is 2.77 bits per heavy atom. The van der Waals surface area contributed by atoms with Crippen molar-refractivity contribution in [2.45, 2.75) is 32.7 Å². The highest BCUT2D eigenvalue weighted by molar-refractivity contribution is 7.22. The van der Waals surface area contributed by atoms with E-state index in [1.54, 1.807) is 24.3 Å². The number of hydrogen-bond acceptors (Lipinski definition) is 7. The first-order valence-corrected chi connectivity index (χ1v) is 12.3. The van der Waals surface area contributed by atoms with Gasteiger partial charge in [0.15, 0.2) is 16.7 Å². The van der Waals surface area contributed by atoms with Gasteiger partial charge in [-0.05, 0) is 60.4 Å². The summed E-state index contributed by atoms with van der Waals surface area (Å²) in [5, 5.41) is 11.3. The quantitative estimate of drug-likeness (QED) is 0.305. The first-order valence-electron chi connectivity index (χ1n) is 11.5. The molecule has 0 radical (unpaired) electrons. The van der Waals surface area contributed by atoms with Crippen molar-refractivity contribution in [1.82, 2.24) is 4.98 Å². The van der Waals surface area contributed by atoms with Crippen molar-refractivity contribution in [3.05, 3.63) is 89.1 Å². The van der Waals surface area contributed by atoms with Gasteiger partial charge in [0.2, 0.25) is 5.78 Å². The van der Waals surface area contributed by atoms with Crippen molar-refractivity contribution < 1.29 is 23.8 Å². The number of carbonyl (C=O) groups is 2. The number of carbonyl (C=O) groups excluding carboxylic acids is 2. The molecule has 1 unspecified atom stereocenters. The molecule has 178 valence electrons. The number of ketones is 1. The number of anilines is 1. The van der Waals surface area contributed by atoms with Crippen LogP contribution in [-0.4, -0.2) is 28.4 Å². The fourth-order valence-corrected chi connectivity index (χ4v) is 5.22. The van der Waals surface area contributed by atoms with Gasteiger partial charge >= 0.3 is 0 Å². The van der Waals surface area contributed by atoms with Crippen molar-refractivity contribution >= 4 is 38.4 Å². The number of thiazole rings is 1. The number of nitrogens with zero attached hydrogens (tertiary/aromatic N) is 2. The number of fused-ring (bicyclic) bond motifs is 1. The number of furan rings is 1. The molecule has 8 heteroatoms. The number of rotatable bonds is 8. The number of aromatic nitrogens is 1. The van der Waals surface area contributed by atoms with E-state index in [0.29, 0.717) is 23.1 Å². The van der Waals surface area contributed by atoms with Crippen LogP contribution >= 0.6 is 11.3 Å². The highest BCUT2D eigenvalue weighted by Crippen LogP contribution is 2.44. The largest absolute Gasteiger partial charge is 0.503 e. The monoisotopic (exact) mass is 488 g/mol. The third-order valence-electron chi connectivity index (χ3n) is 5.90. The van der Waals surface area contributed by atoms with Gasteiger partial charge in [-0.15, -0.1) is 0 Å². The van der Waals surface area contributed by atoms with Gasteiger partial charge in [-0.1, -0.05) is 43.4 Å². The maximum Gasteiger partial charge on any atom is 0.296 e. The SMILES string of the molecule is CCCOc1cccc(C2C(C(=O)c3ccco3)=C(O)C(=O)N2c2nc3ccc(CC)cc3s2)c1. The minimum absolute atomic E-state index is 0.0430. The number of aliphatic hydroxyl groups is 1. The summed E-state index contributed by atoms with van der Waals surface area (Å²) in [5.74, 6) is -1.18. The van der Waals surface area contributed by atoms with Gasteiger partial charge in [0, 0.05) is 0 Å². The van der Waals surface area contributed by atoms with Crippen molar-refractivity contribution in [2.24, 2.45) is 0 Å². The molecule has 1 atom stereocenters. The topological polar surface area (TPSA) is 92.9 Å². The van der Waals surface area contributed by atoms with Gasteiger partial charge in [-0.25, -0.2) is 4.98 Å². The molecule has 1 amide bonds. The Hall–Kier alpha value is -3.91. The lowest BCUT2D eigenvalue weighted by Crippen LogP contribution is -2.31. The molecule has 1 N–H and O–H groups in total. The molecule has 2 aromatic carbocycles. The lowest BCUT2D eigenvalue weighted by molar-refractivity contribution is -0.117. The number of ether oxygens (including phenoxy) is 1. The molecule has 5 rings (SSSR count). The molecule has 0 aliphatic carbocycles. The van der Waals surface area contributed by atoms with Gasteiger partial charge < -0.3 is 14.3 Å². The fourth-order valence-electron chi connectivity index (χ4n) is 4.16. The van der Waals surface area contributed by atoms with E-state index in [4.69, 9.17) is 9.15 Å². The van der Waals surface area contributed by atoms with E-state index in [9.17, 15) is 14.7 Å². The molecule has 0 saturated carbocycles. The molecule has 4 aromatic rings. The third-order valence-corrected chi connectivity index (χ3v) is 6.92. The summed E-state index contributed by atoms with van der Waals surface area (Å²) in [6, 6.07) is 15.4. The number of benzene rings is 2. The second-order valence-corrected chi connectivity index (χ2v) is 9.23. The van der Waals surface area contributed by atoms with Gasteiger partial charge in [-0.3, -0.25) is 14.5 Å². The first kappa shape index (κ1) is 22.9. The van der Waals surface area contributed by atoms with Crippen LogP contribution in [0.15, 0.2) is 76.6 Å². The number of hydrogen-bond donors (Lipinski definition) is 1. The van der Waals surface area contributed by atoms with Gasteiger partial charge in [0.05, 0.1) is 34.7 Å². The molecule has 1 aliphatic heterocycles. The van der Waals surface area contributed by atoms with Gasteiger partial charge in [-0.2, -0.15) is 0 Å². The third kappa shape index (κ3) is 4.10. The first-order chi connectivity index (χ1) is 17.0. The molecule has 0 bridgehead atoms. The van der Waals surface area contributed by atoms with E-state index in [-0.39, 0.29) is 11.3 Å². The summed E-state index contributed by atoms with van der Waals surface area (Å²) in [4.78, 5) is 32.9. The second kappa shape index (κ2) is 9.38. The minimum Gasteiger partial charge on any atom is -0.503 e. The average Bonchev–Trinajstić information content (AvgIpc) is 3.61. The number of Topliss-reactive ketones (excluding diaryl/α,β-unsaturated/α-hetero) is 1. The van der Waals surface area contributed by atoms with E-state index in [1.807, 2.05) is 31.2 Å². The van der Waals surface area contributed by atoms with Crippen LogP contribution in [0.1, 0.15) is 48.0 Å². The Balaban J connectivity index is 1.65. The lowest BCUT2D eigenvalue weighted by Gasteiger charge is -2.24. The molecule has 7 nitrogen and oxygen atoms in total. The van der Waals surface area contributed by atoms with Crippen LogP contribution in [0.3, 0.4) is 0 Å². The molecule has 1 aliphatic rings. The normalized spacial score (nSPS) is 15.9. The second-order valence-electron chi connectivity index (χ2n) is 8.22. The Bertz CT molecular complexity index is 1440. The standard InChI is InChI=1S/C27H24N2O5S/c1-3-12-33-18-8-5-7-17(15-18)23-22(24(30)20-9-6-13-34-20)25(31)26(32)29(23)27-28-19-11-10-16(4-2)14-21(19)35-27/h5-11,13-15,23,31H,3-4,12H2,1-2H3. The van der Waals surface area contributed by atoms with Crippen LogP contribution in [-0.2, 0) is 11.2 Å². The van der Waals surface area contributed by atoms with E-state index < -0.39 is 23.5 Å². The molecular weight excluding hydrogens is 464 g/mol. The van der Waals surface area contributed by atoms with Crippen LogP contribution in [0.25, 0.3) is 10.2 Å². The Kier molecular flexibility index (Phi) is 6.13. The van der Waals surface area contributed by atoms with Crippen molar-refractivity contribution in [1.29, 1.82) is 0 Å². The summed E-state index contributed by atoms with van der Waals surface area (Å²) in [7, 11) is 0. The highest BCUT2D eigenvalue weighted by Gasteiger charge is 2.46. The minimum atomic E-state index is -0.892. The number of amides is 1. The summed E-state index contributed by atoms with van der Waals surface area (Å²) < 4.78 is 12.0. The van der Waals surface area contributed by atoms with Crippen LogP contribution in [0, 0.1) is 0 Å². The summed E-state index contributed by atoms with van der Waals surface area (Å²) in [6.45, 7) is 4.62. The number of aryl methyl sites for hydroxylation is 1. The number of aliphatic hydroxyl groups excluding tert-OH is 1. The predicted molar refractivity (Wildman–Crippen MR) is 134 cm³/mol. The fraction of sp³-hybridized carbons (Fsp3) is 0.222. The van der Waals surface area contributed by atoms with Crippen molar-refractivity contribution in [3.63, 3.8) is 0 Å². The Morgan fingerprint density at radius 2 is 2.03 bits per heavy atom. The van der Waals surface area contributed by atoms with Crippen LogP contribution in [0.5, 0.6) is 5.75 Å². The van der Waals surface area contributed by atoms with Gasteiger partial charge in [0.25, 0.3) is 5.91 Å². The Labute approximate surface area is 206 Å². The zero-order valence-electron chi connectivity index (χ0n) is 19.4. The van der Waals surface area contributed by atoms with E-state index >= 15 is 0 Å². The van der Waals surface area contributed by atoms with Crippen LogP contribution in [0.4, 0.5) is 5.13 Å². The van der Waals surface area contributed by atoms with E-state index in [1.165, 1.54) is 28.6 Å². The molecule has 0 fully saturated rings. The molecule has 0 saturated heterocycles. The van der Waals surface area contributed by atoms with Crippen molar-refractivity contribution in [3.8, 4) is 5.75 Å². The lowest BCUT2D eigenvalue weighted by atomic mass is 9.95. The maximum absolute atomic E-state index is 13.4. The van der Waals surface area contributed by atoms with Crippen LogP contribution < -0.4 is 9.64 Å². The van der Waals surface area contributed by atoms with Crippen LogP contribution in [0.2, 0.25) is 0 Å². The van der Waals surface area contributed by atoms with E-state index in [2.05, 4.69) is 11.9 Å². The molecule has 35 heavy (non-hydrogen) atoms. The highest BCUT2D eigenvalue weighted by atomic mass is 32.1. The molecule has 0 spiro atoms. The van der Waals surface area contributed by atoms with Gasteiger partial charge in [0.1, 0.15) is 5.75 Å². The maximum atomic E-state index is 13.4. The van der Waals surface area contributed by atoms with E-state index in [0.717, 1.165) is 28.6 Å².